The second kappa shape index (κ2) is 7.08. The SMILES string of the molecule is CCOc1nn(C)c2ccc(NC(=O)CCCOC)cc12. The molecule has 0 aliphatic heterocycles. The standard InChI is InChI=1S/C15H21N3O3/c1-4-21-15-12-10-11(7-8-13(12)18(2)17-15)16-14(19)6-5-9-20-3/h7-8,10H,4-6,9H2,1-3H3,(H,16,19). The van der Waals surface area contributed by atoms with E-state index in [0.717, 1.165) is 16.6 Å². The third-order valence-electron chi connectivity index (χ3n) is 3.13. The van der Waals surface area contributed by atoms with Crippen LogP contribution in [0, 0.1) is 0 Å². The van der Waals surface area contributed by atoms with Crippen LogP contribution in [-0.4, -0.2) is 36.0 Å². The van der Waals surface area contributed by atoms with Gasteiger partial charge >= 0.3 is 0 Å². The summed E-state index contributed by atoms with van der Waals surface area (Å²) in [6, 6.07) is 5.69. The first kappa shape index (κ1) is 15.3. The van der Waals surface area contributed by atoms with Crippen molar-refractivity contribution in [2.24, 2.45) is 7.05 Å². The lowest BCUT2D eigenvalue weighted by Crippen LogP contribution is -2.11. The van der Waals surface area contributed by atoms with Gasteiger partial charge in [0.05, 0.1) is 17.5 Å². The third kappa shape index (κ3) is 3.72. The van der Waals surface area contributed by atoms with E-state index >= 15 is 0 Å². The molecule has 0 atom stereocenters. The van der Waals surface area contributed by atoms with Gasteiger partial charge in [0.1, 0.15) is 0 Å². The van der Waals surface area contributed by atoms with Crippen molar-refractivity contribution in [2.45, 2.75) is 19.8 Å². The maximum absolute atomic E-state index is 11.8. The molecule has 1 aromatic heterocycles. The Hall–Kier alpha value is -2.08. The molecule has 0 fully saturated rings. The van der Waals surface area contributed by atoms with Gasteiger partial charge in [-0.05, 0) is 31.5 Å². The number of fused-ring (bicyclic) bond motifs is 1. The summed E-state index contributed by atoms with van der Waals surface area (Å²) in [5.41, 5.74) is 1.72. The maximum Gasteiger partial charge on any atom is 0.240 e. The van der Waals surface area contributed by atoms with Crippen LogP contribution in [0.1, 0.15) is 19.8 Å². The summed E-state index contributed by atoms with van der Waals surface area (Å²) in [6.45, 7) is 3.06. The van der Waals surface area contributed by atoms with Gasteiger partial charge in [0.2, 0.25) is 11.8 Å². The minimum Gasteiger partial charge on any atom is -0.476 e. The Bertz CT molecular complexity index is 622. The Balaban J connectivity index is 2.14. The van der Waals surface area contributed by atoms with Crippen LogP contribution < -0.4 is 10.1 Å². The van der Waals surface area contributed by atoms with Gasteiger partial charge in [-0.25, -0.2) is 0 Å². The predicted octanol–water partition coefficient (Wildman–Crippen LogP) is 2.34. The van der Waals surface area contributed by atoms with E-state index in [9.17, 15) is 4.79 Å². The first-order valence-electron chi connectivity index (χ1n) is 7.04. The Morgan fingerprint density at radius 1 is 1.43 bits per heavy atom. The van der Waals surface area contributed by atoms with Crippen molar-refractivity contribution in [3.8, 4) is 5.88 Å². The summed E-state index contributed by atoms with van der Waals surface area (Å²) in [7, 11) is 3.50. The Morgan fingerprint density at radius 3 is 2.95 bits per heavy atom. The van der Waals surface area contributed by atoms with Crippen LogP contribution in [0.5, 0.6) is 5.88 Å². The lowest BCUT2D eigenvalue weighted by atomic mass is 10.2. The number of nitrogens with zero attached hydrogens (tertiary/aromatic N) is 2. The number of aromatic nitrogens is 2. The molecular weight excluding hydrogens is 270 g/mol. The van der Waals surface area contributed by atoms with Crippen molar-refractivity contribution in [2.75, 3.05) is 25.6 Å². The monoisotopic (exact) mass is 291 g/mol. The zero-order valence-electron chi connectivity index (χ0n) is 12.7. The van der Waals surface area contributed by atoms with Crippen molar-refractivity contribution in [3.63, 3.8) is 0 Å². The molecule has 0 aliphatic rings. The number of nitrogens with one attached hydrogen (secondary N) is 1. The largest absolute Gasteiger partial charge is 0.476 e. The van der Waals surface area contributed by atoms with Crippen LogP contribution in [0.3, 0.4) is 0 Å². The van der Waals surface area contributed by atoms with Crippen molar-refractivity contribution in [1.82, 2.24) is 9.78 Å². The van der Waals surface area contributed by atoms with Crippen LogP contribution in [0.4, 0.5) is 5.69 Å². The number of carbonyl (C=O) groups is 1. The number of benzene rings is 1. The normalized spacial score (nSPS) is 10.8. The fourth-order valence-corrected chi connectivity index (χ4v) is 2.16. The average molecular weight is 291 g/mol. The number of rotatable bonds is 7. The predicted molar refractivity (Wildman–Crippen MR) is 81.6 cm³/mol. The number of anilines is 1. The van der Waals surface area contributed by atoms with E-state index in [1.165, 1.54) is 0 Å². The zero-order chi connectivity index (χ0) is 15.2. The van der Waals surface area contributed by atoms with Gasteiger partial charge in [-0.2, -0.15) is 0 Å². The zero-order valence-corrected chi connectivity index (χ0v) is 12.7. The van der Waals surface area contributed by atoms with Crippen molar-refractivity contribution >= 4 is 22.5 Å². The highest BCUT2D eigenvalue weighted by Crippen LogP contribution is 2.27. The molecule has 114 valence electrons. The Kier molecular flexibility index (Phi) is 5.16. The van der Waals surface area contributed by atoms with Crippen LogP contribution in [0.2, 0.25) is 0 Å². The fraction of sp³-hybridized carbons (Fsp3) is 0.467. The van der Waals surface area contributed by atoms with E-state index in [1.807, 2.05) is 32.2 Å². The summed E-state index contributed by atoms with van der Waals surface area (Å²) in [5, 5.41) is 8.11. The quantitative estimate of drug-likeness (QED) is 0.795. The van der Waals surface area contributed by atoms with Gasteiger partial charge < -0.3 is 14.8 Å². The summed E-state index contributed by atoms with van der Waals surface area (Å²) in [4.78, 5) is 11.8. The molecule has 2 aromatic rings. The molecule has 0 spiro atoms. The number of ether oxygens (including phenoxy) is 2. The average Bonchev–Trinajstić information content (AvgIpc) is 2.76. The number of carbonyl (C=O) groups excluding carboxylic acids is 1. The third-order valence-corrected chi connectivity index (χ3v) is 3.13. The molecule has 0 radical (unpaired) electrons. The molecule has 0 aliphatic carbocycles. The Morgan fingerprint density at radius 2 is 2.24 bits per heavy atom. The van der Waals surface area contributed by atoms with Gasteiger partial charge in [0, 0.05) is 32.9 Å². The molecule has 21 heavy (non-hydrogen) atoms. The molecular formula is C15H21N3O3. The van der Waals surface area contributed by atoms with Crippen LogP contribution >= 0.6 is 0 Å². The Labute approximate surface area is 124 Å². The fourth-order valence-electron chi connectivity index (χ4n) is 2.16. The van der Waals surface area contributed by atoms with E-state index in [4.69, 9.17) is 9.47 Å². The molecule has 0 bridgehead atoms. The van der Waals surface area contributed by atoms with Gasteiger partial charge in [0.25, 0.3) is 0 Å². The first-order valence-corrected chi connectivity index (χ1v) is 7.04. The minimum absolute atomic E-state index is 0.0201. The molecule has 2 rings (SSSR count). The van der Waals surface area contributed by atoms with Crippen molar-refractivity contribution in [1.29, 1.82) is 0 Å². The molecule has 1 aromatic carbocycles. The molecule has 1 amide bonds. The molecule has 0 saturated carbocycles. The number of aryl methyl sites for hydroxylation is 1. The van der Waals surface area contributed by atoms with Gasteiger partial charge in [-0.3, -0.25) is 9.48 Å². The highest BCUT2D eigenvalue weighted by molar-refractivity contribution is 5.95. The summed E-state index contributed by atoms with van der Waals surface area (Å²) < 4.78 is 12.2. The van der Waals surface area contributed by atoms with Crippen LogP contribution in [0.25, 0.3) is 10.9 Å². The van der Waals surface area contributed by atoms with Crippen molar-refractivity contribution < 1.29 is 14.3 Å². The molecule has 1 N–H and O–H groups in total. The summed E-state index contributed by atoms with van der Waals surface area (Å²) in [6.07, 6.45) is 1.15. The lowest BCUT2D eigenvalue weighted by molar-refractivity contribution is -0.116. The molecule has 6 heteroatoms. The van der Waals surface area contributed by atoms with E-state index in [0.29, 0.717) is 31.9 Å². The van der Waals surface area contributed by atoms with E-state index in [1.54, 1.807) is 11.8 Å². The highest BCUT2D eigenvalue weighted by Gasteiger charge is 2.11. The van der Waals surface area contributed by atoms with Gasteiger partial charge in [0.15, 0.2) is 0 Å². The molecule has 0 unspecified atom stereocenters. The van der Waals surface area contributed by atoms with Gasteiger partial charge in [-0.15, -0.1) is 5.10 Å². The molecule has 6 nitrogen and oxygen atoms in total. The molecule has 0 saturated heterocycles. The van der Waals surface area contributed by atoms with Crippen molar-refractivity contribution in [3.05, 3.63) is 18.2 Å². The molecule has 1 heterocycles. The minimum atomic E-state index is -0.0201. The number of hydrogen-bond acceptors (Lipinski definition) is 4. The highest BCUT2D eigenvalue weighted by atomic mass is 16.5. The maximum atomic E-state index is 11.8. The van der Waals surface area contributed by atoms with E-state index < -0.39 is 0 Å². The summed E-state index contributed by atoms with van der Waals surface area (Å²) >= 11 is 0. The van der Waals surface area contributed by atoms with E-state index in [2.05, 4.69) is 10.4 Å². The number of amides is 1. The topological polar surface area (TPSA) is 65.4 Å². The second-order valence-electron chi connectivity index (χ2n) is 4.74. The first-order chi connectivity index (χ1) is 10.2. The smallest absolute Gasteiger partial charge is 0.240 e. The van der Waals surface area contributed by atoms with Crippen LogP contribution in [-0.2, 0) is 16.6 Å². The van der Waals surface area contributed by atoms with Crippen LogP contribution in [0.15, 0.2) is 18.2 Å². The lowest BCUT2D eigenvalue weighted by Gasteiger charge is -2.06. The van der Waals surface area contributed by atoms with Gasteiger partial charge in [-0.1, -0.05) is 0 Å². The second-order valence-corrected chi connectivity index (χ2v) is 4.74. The van der Waals surface area contributed by atoms with E-state index in [-0.39, 0.29) is 5.91 Å². The summed E-state index contributed by atoms with van der Waals surface area (Å²) in [5.74, 6) is 0.568. The number of methoxy groups -OCH3 is 1. The number of hydrogen-bond donors (Lipinski definition) is 1.